The van der Waals surface area contributed by atoms with Crippen LogP contribution in [0.1, 0.15) is 34.8 Å². The van der Waals surface area contributed by atoms with Crippen LogP contribution in [-0.4, -0.2) is 44.6 Å². The number of aliphatic carboxylic acids is 1. The molecule has 166 valence electrons. The molecule has 2 N–H and O–H groups in total. The van der Waals surface area contributed by atoms with Gasteiger partial charge in [0.05, 0.1) is 23.3 Å². The summed E-state index contributed by atoms with van der Waals surface area (Å²) in [5, 5.41) is 10.1. The summed E-state index contributed by atoms with van der Waals surface area (Å²) in [5.74, 6) is -1.83. The van der Waals surface area contributed by atoms with E-state index in [9.17, 15) is 19.2 Å². The Morgan fingerprint density at radius 1 is 1.16 bits per heavy atom. The number of aryl methyl sites for hydroxylation is 1. The van der Waals surface area contributed by atoms with Crippen molar-refractivity contribution in [2.24, 2.45) is 29.6 Å². The number of hydrogen-bond acceptors (Lipinski definition) is 6. The van der Waals surface area contributed by atoms with Gasteiger partial charge in [0.15, 0.2) is 0 Å². The Labute approximate surface area is 192 Å². The van der Waals surface area contributed by atoms with Crippen LogP contribution in [0, 0.1) is 36.5 Å². The summed E-state index contributed by atoms with van der Waals surface area (Å²) in [6, 6.07) is 8.22. The van der Waals surface area contributed by atoms with Crippen molar-refractivity contribution in [1.82, 2.24) is 9.88 Å². The maximum absolute atomic E-state index is 13.3. The highest BCUT2D eigenvalue weighted by molar-refractivity contribution is 8.00. The molecule has 9 heteroatoms. The number of thioether (sulfide) groups is 1. The van der Waals surface area contributed by atoms with Crippen LogP contribution in [-0.2, 0) is 14.4 Å². The van der Waals surface area contributed by atoms with Gasteiger partial charge < -0.3 is 10.1 Å². The fraction of sp³-hybridized carbons (Fsp3) is 0.478. The second-order valence-electron chi connectivity index (χ2n) is 9.29. The maximum Gasteiger partial charge on any atom is 0.305 e. The highest BCUT2D eigenvalue weighted by Crippen LogP contribution is 2.68. The Morgan fingerprint density at radius 2 is 1.88 bits per heavy atom. The lowest BCUT2D eigenvalue weighted by molar-refractivity contribution is -0.142. The molecule has 2 aliphatic heterocycles. The number of hydrogen-bond donors (Lipinski definition) is 2. The normalized spacial score (nSPS) is 34.5. The lowest BCUT2D eigenvalue weighted by Gasteiger charge is -2.43. The van der Waals surface area contributed by atoms with Gasteiger partial charge in [0.25, 0.3) is 0 Å². The van der Waals surface area contributed by atoms with E-state index >= 15 is 0 Å². The molecule has 3 heterocycles. The van der Waals surface area contributed by atoms with E-state index in [0.717, 1.165) is 21.9 Å². The van der Waals surface area contributed by atoms with Gasteiger partial charge >= 0.3 is 10.8 Å². The fourth-order valence-corrected chi connectivity index (χ4v) is 9.67. The van der Waals surface area contributed by atoms with Crippen molar-refractivity contribution in [3.63, 3.8) is 0 Å². The smallest absolute Gasteiger partial charge is 0.305 e. The van der Waals surface area contributed by atoms with Gasteiger partial charge in [0.1, 0.15) is 0 Å². The van der Waals surface area contributed by atoms with Crippen LogP contribution in [0.3, 0.4) is 0 Å². The summed E-state index contributed by atoms with van der Waals surface area (Å²) < 4.78 is 0. The largest absolute Gasteiger partial charge is 0.481 e. The van der Waals surface area contributed by atoms with E-state index in [-0.39, 0.29) is 70.4 Å². The number of carbonyl (C=O) groups excluding carboxylic acids is 2. The first-order valence-electron chi connectivity index (χ1n) is 10.9. The number of aromatic amines is 1. The molecule has 2 bridgehead atoms. The maximum atomic E-state index is 13.3. The van der Waals surface area contributed by atoms with Gasteiger partial charge in [-0.05, 0) is 42.2 Å². The average molecular weight is 471 g/mol. The van der Waals surface area contributed by atoms with Crippen LogP contribution in [0.25, 0.3) is 0 Å². The second-order valence-corrected chi connectivity index (χ2v) is 11.5. The molecule has 0 radical (unpaired) electrons. The van der Waals surface area contributed by atoms with E-state index in [0.29, 0.717) is 0 Å². The third-order valence-electron chi connectivity index (χ3n) is 7.89. The number of nitrogens with one attached hydrogen (secondary N) is 1. The van der Waals surface area contributed by atoms with Crippen molar-refractivity contribution in [2.45, 2.75) is 36.0 Å². The molecule has 7 nitrogen and oxygen atoms in total. The molecule has 2 amide bonds. The molecule has 1 aromatic carbocycles. The molecule has 0 spiro atoms. The lowest BCUT2D eigenvalue weighted by atomic mass is 9.67. The highest BCUT2D eigenvalue weighted by atomic mass is 32.2. The third-order valence-corrected chi connectivity index (χ3v) is 10.5. The van der Waals surface area contributed by atoms with Crippen molar-refractivity contribution < 1.29 is 19.5 Å². The molecule has 4 aliphatic rings. The monoisotopic (exact) mass is 470 g/mol. The summed E-state index contributed by atoms with van der Waals surface area (Å²) >= 11 is 2.92. The van der Waals surface area contributed by atoms with E-state index in [1.54, 1.807) is 11.8 Å². The predicted molar refractivity (Wildman–Crippen MR) is 119 cm³/mol. The van der Waals surface area contributed by atoms with Crippen LogP contribution in [0.2, 0.25) is 0 Å². The summed E-state index contributed by atoms with van der Waals surface area (Å²) in [7, 11) is 0. The number of likely N-dealkylation sites (tertiary alicyclic amines) is 1. The summed E-state index contributed by atoms with van der Waals surface area (Å²) in [6.45, 7) is 2.03. The molecule has 1 aromatic heterocycles. The number of thiazole rings is 1. The van der Waals surface area contributed by atoms with E-state index in [1.807, 2.05) is 12.1 Å². The molecule has 1 saturated heterocycles. The Kier molecular flexibility index (Phi) is 4.46. The number of nitrogens with zero attached hydrogens (tertiary/aromatic N) is 1. The van der Waals surface area contributed by atoms with Gasteiger partial charge in [0.2, 0.25) is 11.8 Å². The van der Waals surface area contributed by atoms with Gasteiger partial charge in [-0.15, -0.1) is 11.8 Å². The quantitative estimate of drug-likeness (QED) is 0.666. The number of aromatic nitrogens is 1. The van der Waals surface area contributed by atoms with Crippen LogP contribution in [0.5, 0.6) is 0 Å². The van der Waals surface area contributed by atoms with Crippen LogP contribution < -0.4 is 4.87 Å². The van der Waals surface area contributed by atoms with Crippen molar-refractivity contribution in [2.75, 3.05) is 6.54 Å². The molecule has 2 saturated carbocycles. The molecule has 2 aliphatic carbocycles. The third kappa shape index (κ3) is 2.67. The number of rotatable bonds is 4. The molecule has 2 aromatic rings. The minimum atomic E-state index is -1.01. The lowest BCUT2D eigenvalue weighted by Crippen LogP contribution is -2.42. The molecular weight excluding hydrogens is 448 g/mol. The molecule has 3 fully saturated rings. The number of H-pyrrole nitrogens is 1. The molecule has 7 atom stereocenters. The Morgan fingerprint density at radius 3 is 2.59 bits per heavy atom. The van der Waals surface area contributed by atoms with Crippen LogP contribution in [0.15, 0.2) is 34.1 Å². The first-order valence-corrected chi connectivity index (χ1v) is 12.6. The van der Waals surface area contributed by atoms with E-state index in [1.165, 1.54) is 21.8 Å². The summed E-state index contributed by atoms with van der Waals surface area (Å²) in [4.78, 5) is 55.0. The zero-order valence-electron chi connectivity index (χ0n) is 17.3. The number of fused-ring (bicyclic) bond motifs is 9. The zero-order chi connectivity index (χ0) is 22.3. The number of benzene rings is 1. The number of carboxylic acids is 1. The summed E-state index contributed by atoms with van der Waals surface area (Å²) in [5.41, 5.74) is 2.34. The summed E-state index contributed by atoms with van der Waals surface area (Å²) in [6.07, 6.45) is 0.613. The Bertz CT molecular complexity index is 1220. The molecular formula is C23H22N2O5S2. The van der Waals surface area contributed by atoms with Crippen molar-refractivity contribution in [3.8, 4) is 0 Å². The highest BCUT2D eigenvalue weighted by Gasteiger charge is 2.69. The minimum Gasteiger partial charge on any atom is -0.481 e. The number of carbonyl (C=O) groups is 3. The van der Waals surface area contributed by atoms with Gasteiger partial charge in [-0.2, -0.15) is 0 Å². The van der Waals surface area contributed by atoms with E-state index in [4.69, 9.17) is 5.11 Å². The molecule has 6 rings (SSSR count). The van der Waals surface area contributed by atoms with E-state index < -0.39 is 5.97 Å². The van der Waals surface area contributed by atoms with Gasteiger partial charge in [-0.3, -0.25) is 24.1 Å². The molecule has 32 heavy (non-hydrogen) atoms. The van der Waals surface area contributed by atoms with Crippen LogP contribution in [0.4, 0.5) is 0 Å². The second kappa shape index (κ2) is 7.05. The van der Waals surface area contributed by atoms with Gasteiger partial charge in [0, 0.05) is 22.6 Å². The van der Waals surface area contributed by atoms with Crippen LogP contribution >= 0.6 is 23.1 Å². The van der Waals surface area contributed by atoms with Gasteiger partial charge in [-0.25, -0.2) is 0 Å². The zero-order valence-corrected chi connectivity index (χ0v) is 18.9. The topological polar surface area (TPSA) is 108 Å². The predicted octanol–water partition coefficient (Wildman–Crippen LogP) is 2.69. The Balaban J connectivity index is 1.43. The number of imide groups is 1. The van der Waals surface area contributed by atoms with Crippen molar-refractivity contribution in [1.29, 1.82) is 0 Å². The number of amides is 2. The first-order chi connectivity index (χ1) is 15.4. The number of carboxylic acid groups (broad SMARTS) is 1. The fourth-order valence-electron chi connectivity index (χ4n) is 6.79. The SMILES string of the molecule is Cc1ccccc1[C@H]1c2sc(=O)[nH]c2S[C@H]2[C@@H]3C[C@H]([C@H]4C(=O)N(CCC(=O)O)C(=O)[C@H]34)[C@@H]12. The Hall–Kier alpha value is -2.39. The standard InChI is InChI=1S/C23H22N2O5S2/c1-9-4-2-3-5-10(9)14-15-11-8-12(18(15)31-20-19(14)32-23(30)24-20)17-16(11)21(28)25(22(17)29)7-6-13(26)27/h2-5,11-12,14-18H,6-8H2,1H3,(H,24,30)(H,26,27)/t11-,12+,14+,15-,16+,17+,18-/m0/s1. The van der Waals surface area contributed by atoms with Crippen molar-refractivity contribution >= 4 is 40.9 Å². The molecule has 0 unspecified atom stereocenters. The van der Waals surface area contributed by atoms with E-state index in [2.05, 4.69) is 24.0 Å². The van der Waals surface area contributed by atoms with Crippen molar-refractivity contribution in [3.05, 3.63) is 49.9 Å². The first kappa shape index (κ1) is 20.2. The average Bonchev–Trinajstić information content (AvgIpc) is 3.46. The van der Waals surface area contributed by atoms with Gasteiger partial charge in [-0.1, -0.05) is 35.6 Å². The minimum absolute atomic E-state index is 0.0216.